The van der Waals surface area contributed by atoms with Crippen LogP contribution in [0.5, 0.6) is 5.75 Å². The summed E-state index contributed by atoms with van der Waals surface area (Å²) in [6, 6.07) is 5.72. The normalized spacial score (nSPS) is 24.9. The van der Waals surface area contributed by atoms with Crippen molar-refractivity contribution in [2.45, 2.75) is 24.8 Å². The van der Waals surface area contributed by atoms with Crippen molar-refractivity contribution in [3.8, 4) is 5.75 Å². The quantitative estimate of drug-likeness (QED) is 0.857. The van der Waals surface area contributed by atoms with E-state index < -0.39 is 12.0 Å². The number of alkyl halides is 3. The van der Waals surface area contributed by atoms with E-state index in [0.717, 1.165) is 6.54 Å². The van der Waals surface area contributed by atoms with Crippen LogP contribution in [-0.2, 0) is 5.60 Å². The lowest BCUT2D eigenvalue weighted by atomic mass is 9.86. The van der Waals surface area contributed by atoms with Gasteiger partial charge >= 0.3 is 6.36 Å². The minimum atomic E-state index is -4.76. The van der Waals surface area contributed by atoms with Gasteiger partial charge in [-0.3, -0.25) is 0 Å². The predicted molar refractivity (Wildman–Crippen MR) is 59.1 cm³/mol. The Bertz CT molecular complexity index is 414. The molecule has 2 rings (SSSR count). The van der Waals surface area contributed by atoms with Crippen LogP contribution in [0.25, 0.3) is 0 Å². The summed E-state index contributed by atoms with van der Waals surface area (Å²) in [4.78, 5) is 0. The summed E-state index contributed by atoms with van der Waals surface area (Å²) in [5.41, 5.74) is -1.13. The summed E-state index contributed by atoms with van der Waals surface area (Å²) in [7, 11) is 0. The lowest BCUT2D eigenvalue weighted by Crippen LogP contribution is -2.43. The molecule has 1 fully saturated rings. The number of hydrogen-bond donors (Lipinski definition) is 2. The highest BCUT2D eigenvalue weighted by Gasteiger charge is 2.38. The van der Waals surface area contributed by atoms with E-state index in [9.17, 15) is 18.3 Å². The van der Waals surface area contributed by atoms with Crippen molar-refractivity contribution in [1.82, 2.24) is 5.32 Å². The predicted octanol–water partition coefficient (Wildman–Crippen LogP) is 2.16. The minimum absolute atomic E-state index is 0.175. The van der Waals surface area contributed by atoms with Crippen LogP contribution in [0.1, 0.15) is 18.4 Å². The Morgan fingerprint density at radius 2 is 2.00 bits per heavy atom. The average molecular weight is 261 g/mol. The molecule has 100 valence electrons. The lowest BCUT2D eigenvalue weighted by Gasteiger charge is -2.34. The van der Waals surface area contributed by atoms with Crippen LogP contribution < -0.4 is 10.1 Å². The molecule has 0 saturated carbocycles. The smallest absolute Gasteiger partial charge is 0.405 e. The number of piperidine rings is 1. The number of hydrogen-bond acceptors (Lipinski definition) is 3. The first-order valence-electron chi connectivity index (χ1n) is 5.69. The second-order valence-electron chi connectivity index (χ2n) is 4.36. The van der Waals surface area contributed by atoms with E-state index >= 15 is 0 Å². The largest absolute Gasteiger partial charge is 0.573 e. The number of benzene rings is 1. The third kappa shape index (κ3) is 2.94. The monoisotopic (exact) mass is 261 g/mol. The summed E-state index contributed by atoms with van der Waals surface area (Å²) in [5, 5.41) is 13.4. The van der Waals surface area contributed by atoms with E-state index in [1.165, 1.54) is 18.2 Å². The molecule has 1 aromatic carbocycles. The summed E-state index contributed by atoms with van der Waals surface area (Å²) in [5.74, 6) is -0.337. The van der Waals surface area contributed by atoms with Gasteiger partial charge in [-0.15, -0.1) is 13.2 Å². The van der Waals surface area contributed by atoms with E-state index in [4.69, 9.17) is 0 Å². The Morgan fingerprint density at radius 3 is 2.61 bits per heavy atom. The Balaban J connectivity index is 2.32. The lowest BCUT2D eigenvalue weighted by molar-refractivity contribution is -0.275. The van der Waals surface area contributed by atoms with E-state index in [1.54, 1.807) is 6.07 Å². The fourth-order valence-electron chi connectivity index (χ4n) is 2.18. The Kier molecular flexibility index (Phi) is 3.49. The van der Waals surface area contributed by atoms with Crippen LogP contribution in [0, 0.1) is 0 Å². The number of rotatable bonds is 2. The maximum atomic E-state index is 12.3. The molecule has 1 aliphatic heterocycles. The molecular weight excluding hydrogens is 247 g/mol. The molecule has 3 nitrogen and oxygen atoms in total. The van der Waals surface area contributed by atoms with Gasteiger partial charge in [0.15, 0.2) is 0 Å². The number of β-amino-alcohol motifs (C(OH)–C–C–N with tert-alkyl or cyclic N) is 1. The maximum Gasteiger partial charge on any atom is 0.573 e. The second kappa shape index (κ2) is 4.78. The van der Waals surface area contributed by atoms with Gasteiger partial charge in [0, 0.05) is 12.1 Å². The van der Waals surface area contributed by atoms with Crippen molar-refractivity contribution < 1.29 is 23.0 Å². The molecule has 1 saturated heterocycles. The molecule has 0 bridgehead atoms. The van der Waals surface area contributed by atoms with Gasteiger partial charge in [0.1, 0.15) is 11.4 Å². The van der Waals surface area contributed by atoms with Crippen LogP contribution in [0.3, 0.4) is 0 Å². The fourth-order valence-corrected chi connectivity index (χ4v) is 2.18. The van der Waals surface area contributed by atoms with Crippen molar-refractivity contribution in [2.24, 2.45) is 0 Å². The zero-order valence-electron chi connectivity index (χ0n) is 9.63. The first-order valence-corrected chi connectivity index (χ1v) is 5.69. The summed E-state index contributed by atoms with van der Waals surface area (Å²) in [6.07, 6.45) is -3.64. The molecule has 1 heterocycles. The van der Waals surface area contributed by atoms with E-state index in [-0.39, 0.29) is 17.9 Å². The molecule has 0 spiro atoms. The van der Waals surface area contributed by atoms with Gasteiger partial charge in [0.05, 0.1) is 0 Å². The van der Waals surface area contributed by atoms with Gasteiger partial charge in [-0.25, -0.2) is 0 Å². The molecule has 0 amide bonds. The zero-order valence-corrected chi connectivity index (χ0v) is 9.63. The maximum absolute atomic E-state index is 12.3. The van der Waals surface area contributed by atoms with Crippen LogP contribution >= 0.6 is 0 Å². The molecule has 0 radical (unpaired) electrons. The van der Waals surface area contributed by atoms with Gasteiger partial charge in [-0.05, 0) is 25.5 Å². The Hall–Kier alpha value is -1.27. The minimum Gasteiger partial charge on any atom is -0.405 e. The molecule has 6 heteroatoms. The highest BCUT2D eigenvalue weighted by Crippen LogP contribution is 2.36. The number of para-hydroxylation sites is 1. The van der Waals surface area contributed by atoms with E-state index in [1.807, 2.05) is 0 Å². The molecule has 0 aliphatic carbocycles. The van der Waals surface area contributed by atoms with Gasteiger partial charge in [0.25, 0.3) is 0 Å². The van der Waals surface area contributed by atoms with Crippen molar-refractivity contribution in [3.05, 3.63) is 29.8 Å². The SMILES string of the molecule is OC1(c2ccccc2OC(F)(F)F)CCCNC1. The first kappa shape index (κ1) is 13.2. The standard InChI is InChI=1S/C12H14F3NO2/c13-12(14,15)18-10-5-2-1-4-9(10)11(17)6-3-7-16-8-11/h1-2,4-5,16-17H,3,6-8H2. The second-order valence-corrected chi connectivity index (χ2v) is 4.36. The molecule has 0 aromatic heterocycles. The molecule has 2 N–H and O–H groups in total. The van der Waals surface area contributed by atoms with Crippen LogP contribution in [0.2, 0.25) is 0 Å². The van der Waals surface area contributed by atoms with Crippen LogP contribution in [0.15, 0.2) is 24.3 Å². The van der Waals surface area contributed by atoms with E-state index in [2.05, 4.69) is 10.1 Å². The molecule has 1 unspecified atom stereocenters. The zero-order chi connectivity index (χ0) is 13.2. The van der Waals surface area contributed by atoms with Crippen molar-refractivity contribution in [3.63, 3.8) is 0 Å². The third-order valence-electron chi connectivity index (χ3n) is 2.98. The van der Waals surface area contributed by atoms with Crippen molar-refractivity contribution >= 4 is 0 Å². The van der Waals surface area contributed by atoms with Gasteiger partial charge in [-0.2, -0.15) is 0 Å². The number of ether oxygens (including phenoxy) is 1. The number of aliphatic hydroxyl groups is 1. The molecule has 1 atom stereocenters. The average Bonchev–Trinajstić information content (AvgIpc) is 2.28. The summed E-state index contributed by atoms with van der Waals surface area (Å²) in [6.45, 7) is 0.982. The fraction of sp³-hybridized carbons (Fsp3) is 0.500. The number of nitrogens with one attached hydrogen (secondary N) is 1. The summed E-state index contributed by atoms with van der Waals surface area (Å²) >= 11 is 0. The van der Waals surface area contributed by atoms with Crippen LogP contribution in [-0.4, -0.2) is 24.6 Å². The van der Waals surface area contributed by atoms with Gasteiger partial charge < -0.3 is 15.2 Å². The van der Waals surface area contributed by atoms with E-state index in [0.29, 0.717) is 12.8 Å². The molecule has 18 heavy (non-hydrogen) atoms. The van der Waals surface area contributed by atoms with Crippen molar-refractivity contribution in [2.75, 3.05) is 13.1 Å². The van der Waals surface area contributed by atoms with Crippen molar-refractivity contribution in [1.29, 1.82) is 0 Å². The first-order chi connectivity index (χ1) is 8.41. The highest BCUT2D eigenvalue weighted by atomic mass is 19.4. The molecule has 1 aromatic rings. The van der Waals surface area contributed by atoms with Gasteiger partial charge in [0.2, 0.25) is 0 Å². The molecular formula is C12H14F3NO2. The van der Waals surface area contributed by atoms with Crippen LogP contribution in [0.4, 0.5) is 13.2 Å². The van der Waals surface area contributed by atoms with Gasteiger partial charge in [-0.1, -0.05) is 18.2 Å². The number of halogens is 3. The highest BCUT2D eigenvalue weighted by molar-refractivity contribution is 5.38. The summed E-state index contributed by atoms with van der Waals surface area (Å²) < 4.78 is 40.8. The Morgan fingerprint density at radius 1 is 1.28 bits per heavy atom. The third-order valence-corrected chi connectivity index (χ3v) is 2.98. The molecule has 1 aliphatic rings. The Labute approximate surface area is 103 Å². The topological polar surface area (TPSA) is 41.5 Å².